The van der Waals surface area contributed by atoms with Crippen LogP contribution in [0.15, 0.2) is 12.3 Å². The molecule has 0 radical (unpaired) electrons. The van der Waals surface area contributed by atoms with Gasteiger partial charge >= 0.3 is 5.97 Å². The monoisotopic (exact) mass is 172 g/mol. The molecule has 0 unspecified atom stereocenters. The third-order valence-electron chi connectivity index (χ3n) is 1.45. The molecule has 0 saturated carbocycles. The molecule has 0 bridgehead atoms. The summed E-state index contributed by atoms with van der Waals surface area (Å²) in [6.45, 7) is 2.57. The third-order valence-corrected chi connectivity index (χ3v) is 1.45. The fourth-order valence-corrected chi connectivity index (χ4v) is 0.811. The number of unbranched alkanes of at least 4 members (excludes halogenated alkanes) is 3. The summed E-state index contributed by atoms with van der Waals surface area (Å²) in [5, 5.41) is 8.20. The maximum atomic E-state index is 10.6. The molecule has 70 valence electrons. The van der Waals surface area contributed by atoms with Crippen LogP contribution in [0.2, 0.25) is 0 Å². The zero-order valence-corrected chi connectivity index (χ0v) is 7.45. The minimum absolute atomic E-state index is 0.448. The Morgan fingerprint density at radius 3 is 2.75 bits per heavy atom. The summed E-state index contributed by atoms with van der Waals surface area (Å²) in [4.78, 5) is 10.6. The van der Waals surface area contributed by atoms with Gasteiger partial charge in [0.25, 0.3) is 0 Å². The number of carbonyl (C=O) groups is 1. The molecule has 12 heavy (non-hydrogen) atoms. The highest BCUT2D eigenvalue weighted by molar-refractivity contribution is 5.81. The minimum atomic E-state index is -0.478. The van der Waals surface area contributed by atoms with Crippen molar-refractivity contribution in [2.75, 3.05) is 6.61 Å². The predicted molar refractivity (Wildman–Crippen MR) is 46.9 cm³/mol. The Kier molecular flexibility index (Phi) is 7.44. The molecule has 0 aliphatic rings. The average Bonchev–Trinajstić information content (AvgIpc) is 2.05. The number of hydrogen-bond acceptors (Lipinski definition) is 3. The lowest BCUT2D eigenvalue weighted by Crippen LogP contribution is -2.01. The van der Waals surface area contributed by atoms with Crippen LogP contribution < -0.4 is 0 Å². The molecule has 0 aromatic carbocycles. The Morgan fingerprint density at radius 2 is 2.17 bits per heavy atom. The Morgan fingerprint density at radius 1 is 1.42 bits per heavy atom. The quantitative estimate of drug-likeness (QED) is 0.289. The second-order valence-corrected chi connectivity index (χ2v) is 2.54. The van der Waals surface area contributed by atoms with Crippen LogP contribution in [0.3, 0.4) is 0 Å². The van der Waals surface area contributed by atoms with E-state index in [4.69, 9.17) is 9.84 Å². The van der Waals surface area contributed by atoms with Crippen molar-refractivity contribution in [2.45, 2.75) is 32.6 Å². The fourth-order valence-electron chi connectivity index (χ4n) is 0.811. The van der Waals surface area contributed by atoms with Crippen molar-refractivity contribution in [3.05, 3.63) is 12.3 Å². The number of aliphatic hydroxyl groups is 1. The van der Waals surface area contributed by atoms with Gasteiger partial charge in [-0.15, -0.1) is 0 Å². The van der Waals surface area contributed by atoms with Gasteiger partial charge in [-0.1, -0.05) is 26.2 Å². The number of hydrogen-bond donors (Lipinski definition) is 1. The highest BCUT2D eigenvalue weighted by Gasteiger charge is 1.95. The van der Waals surface area contributed by atoms with E-state index in [1.807, 2.05) is 0 Å². The lowest BCUT2D eigenvalue weighted by molar-refractivity contribution is -0.137. The summed E-state index contributed by atoms with van der Waals surface area (Å²) in [6.07, 6.45) is 6.03. The van der Waals surface area contributed by atoms with Crippen molar-refractivity contribution < 1.29 is 14.6 Å². The van der Waals surface area contributed by atoms with E-state index in [1.54, 1.807) is 0 Å². The molecule has 0 fully saturated rings. The first kappa shape index (κ1) is 11.0. The lowest BCUT2D eigenvalue weighted by atomic mass is 10.2. The van der Waals surface area contributed by atoms with Gasteiger partial charge < -0.3 is 9.84 Å². The van der Waals surface area contributed by atoms with Crippen molar-refractivity contribution in [3.63, 3.8) is 0 Å². The summed E-state index contributed by atoms with van der Waals surface area (Å²) in [5.41, 5.74) is 0. The van der Waals surface area contributed by atoms with Crippen LogP contribution in [0.25, 0.3) is 0 Å². The largest absolute Gasteiger partial charge is 0.515 e. The molecule has 0 heterocycles. The van der Waals surface area contributed by atoms with Crippen molar-refractivity contribution in [1.29, 1.82) is 0 Å². The van der Waals surface area contributed by atoms with Gasteiger partial charge in [0, 0.05) is 0 Å². The Hall–Kier alpha value is -0.990. The topological polar surface area (TPSA) is 46.5 Å². The third kappa shape index (κ3) is 7.12. The van der Waals surface area contributed by atoms with Crippen LogP contribution in [-0.2, 0) is 9.53 Å². The second-order valence-electron chi connectivity index (χ2n) is 2.54. The van der Waals surface area contributed by atoms with Crippen molar-refractivity contribution in [3.8, 4) is 0 Å². The predicted octanol–water partition coefficient (Wildman–Crippen LogP) is 2.18. The molecule has 0 aromatic rings. The zero-order valence-electron chi connectivity index (χ0n) is 7.45. The van der Waals surface area contributed by atoms with Crippen LogP contribution in [0.4, 0.5) is 0 Å². The first-order valence-electron chi connectivity index (χ1n) is 4.28. The number of rotatable bonds is 6. The van der Waals surface area contributed by atoms with Gasteiger partial charge in [0.2, 0.25) is 0 Å². The highest BCUT2D eigenvalue weighted by Crippen LogP contribution is 1.98. The highest BCUT2D eigenvalue weighted by atomic mass is 16.5. The smallest absolute Gasteiger partial charge is 0.333 e. The number of aliphatic hydroxyl groups excluding tert-OH is 1. The fraction of sp³-hybridized carbons (Fsp3) is 0.667. The molecule has 0 spiro atoms. The van der Waals surface area contributed by atoms with E-state index in [1.165, 1.54) is 12.8 Å². The Bertz CT molecular complexity index is 141. The molecule has 0 atom stereocenters. The van der Waals surface area contributed by atoms with Crippen molar-refractivity contribution in [2.24, 2.45) is 0 Å². The molecule has 0 aliphatic heterocycles. The van der Waals surface area contributed by atoms with Crippen LogP contribution in [0.5, 0.6) is 0 Å². The molecule has 0 saturated heterocycles. The minimum Gasteiger partial charge on any atom is -0.515 e. The van der Waals surface area contributed by atoms with Gasteiger partial charge in [0.1, 0.15) is 0 Å². The van der Waals surface area contributed by atoms with E-state index in [-0.39, 0.29) is 0 Å². The van der Waals surface area contributed by atoms with Gasteiger partial charge in [-0.25, -0.2) is 4.79 Å². The van der Waals surface area contributed by atoms with Crippen molar-refractivity contribution in [1.82, 2.24) is 0 Å². The molecule has 0 aliphatic carbocycles. The standard InChI is InChI=1S/C9H16O3/c1-2-3-4-5-8-12-9(11)6-7-10/h6-7,10H,2-5,8H2,1H3/b7-6+. The van der Waals surface area contributed by atoms with Crippen LogP contribution >= 0.6 is 0 Å². The average molecular weight is 172 g/mol. The Balaban J connectivity index is 3.14. The molecule has 0 aromatic heterocycles. The van der Waals surface area contributed by atoms with Gasteiger partial charge in [-0.2, -0.15) is 0 Å². The summed E-state index contributed by atoms with van der Waals surface area (Å²) >= 11 is 0. The summed E-state index contributed by atoms with van der Waals surface area (Å²) in [5.74, 6) is -0.478. The molecule has 3 heteroatoms. The van der Waals surface area contributed by atoms with Crippen LogP contribution in [0.1, 0.15) is 32.6 Å². The first-order chi connectivity index (χ1) is 5.81. The SMILES string of the molecule is CCCCCCOC(=O)/C=C/O. The van der Waals surface area contributed by atoms with Gasteiger partial charge in [-0.05, 0) is 6.42 Å². The van der Waals surface area contributed by atoms with Gasteiger partial charge in [-0.3, -0.25) is 0 Å². The Labute approximate surface area is 73.0 Å². The van der Waals surface area contributed by atoms with Crippen LogP contribution in [0, 0.1) is 0 Å². The lowest BCUT2D eigenvalue weighted by Gasteiger charge is -2.00. The van der Waals surface area contributed by atoms with E-state index in [2.05, 4.69) is 6.92 Å². The molecule has 1 N–H and O–H groups in total. The molecule has 3 nitrogen and oxygen atoms in total. The summed E-state index contributed by atoms with van der Waals surface area (Å²) in [7, 11) is 0. The maximum Gasteiger partial charge on any atom is 0.333 e. The van der Waals surface area contributed by atoms with Crippen LogP contribution in [-0.4, -0.2) is 17.7 Å². The van der Waals surface area contributed by atoms with E-state index < -0.39 is 5.97 Å². The zero-order chi connectivity index (χ0) is 9.23. The van der Waals surface area contributed by atoms with E-state index in [9.17, 15) is 4.79 Å². The number of ether oxygens (including phenoxy) is 1. The van der Waals surface area contributed by atoms with Crippen molar-refractivity contribution >= 4 is 5.97 Å². The number of carbonyl (C=O) groups excluding carboxylic acids is 1. The summed E-state index contributed by atoms with van der Waals surface area (Å²) < 4.78 is 4.74. The van der Waals surface area contributed by atoms with Gasteiger partial charge in [0.05, 0.1) is 18.9 Å². The summed E-state index contributed by atoms with van der Waals surface area (Å²) in [6, 6.07) is 0. The molecule has 0 rings (SSSR count). The van der Waals surface area contributed by atoms with E-state index >= 15 is 0 Å². The molecular formula is C9H16O3. The van der Waals surface area contributed by atoms with Gasteiger partial charge in [0.15, 0.2) is 0 Å². The van der Waals surface area contributed by atoms with E-state index in [0.717, 1.165) is 18.9 Å². The maximum absolute atomic E-state index is 10.6. The normalized spacial score (nSPS) is 10.4. The molecule has 0 amide bonds. The van der Waals surface area contributed by atoms with E-state index in [0.29, 0.717) is 12.9 Å². The molecular weight excluding hydrogens is 156 g/mol. The second kappa shape index (κ2) is 8.11. The first-order valence-corrected chi connectivity index (χ1v) is 4.28. The number of esters is 1.